The molecule has 0 bridgehead atoms. The summed E-state index contributed by atoms with van der Waals surface area (Å²) in [6, 6.07) is 13.6. The summed E-state index contributed by atoms with van der Waals surface area (Å²) >= 11 is 0. The highest BCUT2D eigenvalue weighted by Crippen LogP contribution is 2.24. The Balaban J connectivity index is 2.05. The van der Waals surface area contributed by atoms with E-state index in [0.717, 1.165) is 22.4 Å². The molecule has 4 nitrogen and oxygen atoms in total. The molecule has 0 aliphatic heterocycles. The van der Waals surface area contributed by atoms with Gasteiger partial charge in [0.15, 0.2) is 0 Å². The summed E-state index contributed by atoms with van der Waals surface area (Å²) in [6.07, 6.45) is 5.56. The van der Waals surface area contributed by atoms with E-state index in [1.807, 2.05) is 49.8 Å². The summed E-state index contributed by atoms with van der Waals surface area (Å²) in [4.78, 5) is 4.38. The largest absolute Gasteiger partial charge is 0.275 e. The van der Waals surface area contributed by atoms with Crippen LogP contribution in [0.1, 0.15) is 5.56 Å². The fraction of sp³-hybridized carbons (Fsp3) is 0.0625. The number of aryl methyl sites for hydroxylation is 1. The van der Waals surface area contributed by atoms with Gasteiger partial charge in [-0.2, -0.15) is 10.4 Å². The summed E-state index contributed by atoms with van der Waals surface area (Å²) in [7, 11) is 1.89. The quantitative estimate of drug-likeness (QED) is 0.711. The van der Waals surface area contributed by atoms with Crippen molar-refractivity contribution in [3.63, 3.8) is 0 Å². The van der Waals surface area contributed by atoms with Crippen molar-refractivity contribution in [1.82, 2.24) is 14.8 Å². The minimum absolute atomic E-state index is 0.635. The Morgan fingerprint density at radius 2 is 2.00 bits per heavy atom. The second-order valence-electron chi connectivity index (χ2n) is 4.53. The molecule has 3 aromatic rings. The monoisotopic (exact) mass is 260 g/mol. The minimum Gasteiger partial charge on any atom is -0.275 e. The first-order chi connectivity index (χ1) is 9.76. The maximum absolute atomic E-state index is 8.96. The SMILES string of the molecule is Cn1cc(-c2ccnc(-c3cccc(C#N)c3)c2)cn1. The predicted molar refractivity (Wildman–Crippen MR) is 76.6 cm³/mol. The molecule has 0 atom stereocenters. The molecule has 0 radical (unpaired) electrons. The van der Waals surface area contributed by atoms with Crippen LogP contribution in [0.2, 0.25) is 0 Å². The molecule has 2 aromatic heterocycles. The van der Waals surface area contributed by atoms with Gasteiger partial charge < -0.3 is 0 Å². The predicted octanol–water partition coefficient (Wildman–Crippen LogP) is 3.02. The van der Waals surface area contributed by atoms with Crippen LogP contribution in [0, 0.1) is 11.3 Å². The van der Waals surface area contributed by atoms with Crippen LogP contribution in [-0.2, 0) is 7.05 Å². The van der Waals surface area contributed by atoms with Gasteiger partial charge in [-0.3, -0.25) is 9.67 Å². The first-order valence-corrected chi connectivity index (χ1v) is 6.22. The fourth-order valence-corrected chi connectivity index (χ4v) is 2.09. The molecule has 4 heteroatoms. The van der Waals surface area contributed by atoms with Crippen molar-refractivity contribution in [2.24, 2.45) is 7.05 Å². The lowest BCUT2D eigenvalue weighted by molar-refractivity contribution is 0.768. The molecule has 3 rings (SSSR count). The van der Waals surface area contributed by atoms with Crippen molar-refractivity contribution in [3.8, 4) is 28.5 Å². The van der Waals surface area contributed by atoms with E-state index in [9.17, 15) is 0 Å². The zero-order chi connectivity index (χ0) is 13.9. The van der Waals surface area contributed by atoms with Crippen molar-refractivity contribution in [2.45, 2.75) is 0 Å². The van der Waals surface area contributed by atoms with Gasteiger partial charge in [0.1, 0.15) is 0 Å². The van der Waals surface area contributed by atoms with Gasteiger partial charge in [0.2, 0.25) is 0 Å². The van der Waals surface area contributed by atoms with Gasteiger partial charge in [-0.05, 0) is 29.8 Å². The van der Waals surface area contributed by atoms with Gasteiger partial charge in [-0.25, -0.2) is 0 Å². The molecule has 96 valence electrons. The van der Waals surface area contributed by atoms with Gasteiger partial charge >= 0.3 is 0 Å². The topological polar surface area (TPSA) is 54.5 Å². The van der Waals surface area contributed by atoms with Crippen LogP contribution >= 0.6 is 0 Å². The third kappa shape index (κ3) is 2.29. The number of hydrogen-bond donors (Lipinski definition) is 0. The second kappa shape index (κ2) is 4.98. The molecule has 0 saturated heterocycles. The maximum atomic E-state index is 8.96. The number of nitrogens with zero attached hydrogens (tertiary/aromatic N) is 4. The van der Waals surface area contributed by atoms with E-state index in [0.29, 0.717) is 5.56 Å². The van der Waals surface area contributed by atoms with Crippen LogP contribution in [0.15, 0.2) is 55.0 Å². The maximum Gasteiger partial charge on any atom is 0.0991 e. The van der Waals surface area contributed by atoms with Crippen molar-refractivity contribution >= 4 is 0 Å². The standard InChI is InChI=1S/C16H12N4/c1-20-11-15(10-19-20)13-5-6-18-16(8-13)14-4-2-3-12(7-14)9-17/h2-8,10-11H,1H3. The fourth-order valence-electron chi connectivity index (χ4n) is 2.09. The van der Waals surface area contributed by atoms with E-state index in [1.54, 1.807) is 16.9 Å². The lowest BCUT2D eigenvalue weighted by Crippen LogP contribution is -1.86. The van der Waals surface area contributed by atoms with E-state index < -0.39 is 0 Å². The van der Waals surface area contributed by atoms with Crippen LogP contribution in [0.25, 0.3) is 22.4 Å². The number of rotatable bonds is 2. The number of benzene rings is 1. The number of hydrogen-bond acceptors (Lipinski definition) is 3. The molecule has 1 aromatic carbocycles. The van der Waals surface area contributed by atoms with Crippen LogP contribution in [0.5, 0.6) is 0 Å². The average Bonchev–Trinajstić information content (AvgIpc) is 2.94. The Morgan fingerprint density at radius 3 is 2.75 bits per heavy atom. The summed E-state index contributed by atoms with van der Waals surface area (Å²) in [5.41, 5.74) is 4.53. The molecule has 0 aliphatic rings. The zero-order valence-corrected chi connectivity index (χ0v) is 11.0. The molecule has 0 saturated carbocycles. The molecule has 0 fully saturated rings. The Bertz CT molecular complexity index is 796. The highest BCUT2D eigenvalue weighted by atomic mass is 15.2. The molecule has 20 heavy (non-hydrogen) atoms. The van der Waals surface area contributed by atoms with E-state index in [1.165, 1.54) is 0 Å². The van der Waals surface area contributed by atoms with Crippen LogP contribution < -0.4 is 0 Å². The molecule has 0 aliphatic carbocycles. The summed E-state index contributed by atoms with van der Waals surface area (Å²) in [6.45, 7) is 0. The normalized spacial score (nSPS) is 10.2. The third-order valence-electron chi connectivity index (χ3n) is 3.09. The van der Waals surface area contributed by atoms with Crippen LogP contribution in [0.3, 0.4) is 0 Å². The second-order valence-corrected chi connectivity index (χ2v) is 4.53. The summed E-state index contributed by atoms with van der Waals surface area (Å²) < 4.78 is 1.77. The minimum atomic E-state index is 0.635. The molecule has 0 amide bonds. The third-order valence-corrected chi connectivity index (χ3v) is 3.09. The Morgan fingerprint density at radius 1 is 1.10 bits per heavy atom. The number of aromatic nitrogens is 3. The molecular formula is C16H12N4. The Kier molecular flexibility index (Phi) is 3.02. The van der Waals surface area contributed by atoms with Crippen molar-refractivity contribution in [3.05, 3.63) is 60.6 Å². The van der Waals surface area contributed by atoms with Gasteiger partial charge in [0.25, 0.3) is 0 Å². The van der Waals surface area contributed by atoms with Crippen molar-refractivity contribution < 1.29 is 0 Å². The van der Waals surface area contributed by atoms with Crippen LogP contribution in [0.4, 0.5) is 0 Å². The van der Waals surface area contributed by atoms with E-state index in [2.05, 4.69) is 16.2 Å². The lowest BCUT2D eigenvalue weighted by atomic mass is 10.0. The van der Waals surface area contributed by atoms with Crippen LogP contribution in [-0.4, -0.2) is 14.8 Å². The lowest BCUT2D eigenvalue weighted by Gasteiger charge is -2.03. The first-order valence-electron chi connectivity index (χ1n) is 6.22. The summed E-state index contributed by atoms with van der Waals surface area (Å²) in [5.74, 6) is 0. The highest BCUT2D eigenvalue weighted by molar-refractivity contribution is 5.70. The molecule has 2 heterocycles. The molecule has 0 spiro atoms. The smallest absolute Gasteiger partial charge is 0.0991 e. The highest BCUT2D eigenvalue weighted by Gasteiger charge is 2.05. The molecule has 0 N–H and O–H groups in total. The van der Waals surface area contributed by atoms with Gasteiger partial charge in [-0.15, -0.1) is 0 Å². The zero-order valence-electron chi connectivity index (χ0n) is 11.0. The Labute approximate surface area is 116 Å². The van der Waals surface area contributed by atoms with E-state index in [-0.39, 0.29) is 0 Å². The van der Waals surface area contributed by atoms with E-state index >= 15 is 0 Å². The molecule has 0 unspecified atom stereocenters. The number of nitriles is 1. The number of pyridine rings is 1. The average molecular weight is 260 g/mol. The Hall–Kier alpha value is -2.93. The molecular weight excluding hydrogens is 248 g/mol. The van der Waals surface area contributed by atoms with E-state index in [4.69, 9.17) is 5.26 Å². The van der Waals surface area contributed by atoms with Gasteiger partial charge in [-0.1, -0.05) is 12.1 Å². The van der Waals surface area contributed by atoms with Crippen molar-refractivity contribution in [2.75, 3.05) is 0 Å². The van der Waals surface area contributed by atoms with Gasteiger partial charge in [0.05, 0.1) is 23.5 Å². The summed E-state index contributed by atoms with van der Waals surface area (Å²) in [5, 5.41) is 13.1. The first kappa shape index (κ1) is 12.1. The van der Waals surface area contributed by atoms with Gasteiger partial charge in [0, 0.05) is 30.6 Å². The van der Waals surface area contributed by atoms with Crippen molar-refractivity contribution in [1.29, 1.82) is 5.26 Å².